The molecule has 3 fully saturated rings. The zero-order valence-corrected chi connectivity index (χ0v) is 14.9. The molecule has 0 radical (unpaired) electrons. The number of carbonyl (C=O) groups is 2. The lowest BCUT2D eigenvalue weighted by Crippen LogP contribution is -2.50. The molecule has 4 nitrogen and oxygen atoms in total. The van der Waals surface area contributed by atoms with E-state index in [-0.39, 0.29) is 17.4 Å². The van der Waals surface area contributed by atoms with E-state index in [9.17, 15) is 14.7 Å². The molecule has 5 unspecified atom stereocenters. The lowest BCUT2D eigenvalue weighted by Gasteiger charge is -2.41. The number of carboxylic acid groups (broad SMARTS) is 1. The van der Waals surface area contributed by atoms with E-state index in [1.54, 1.807) is 0 Å². The standard InChI is InChI=1S/C21H27NO3/c1-14-18(19(23)24)9-10-22(14)20(25)21(12-15-5-3-2-4-6-15)13-16-7-8-17(21)11-16/h2-6,14,16-18H,7-13H2,1H3,(H,23,24). The van der Waals surface area contributed by atoms with Crippen LogP contribution in [0.25, 0.3) is 0 Å². The SMILES string of the molecule is CC1C(C(=O)O)CCN1C(=O)C1(Cc2ccccc2)CC2CCC1C2. The Morgan fingerprint density at radius 3 is 2.52 bits per heavy atom. The van der Waals surface area contributed by atoms with Crippen molar-refractivity contribution in [1.82, 2.24) is 4.90 Å². The van der Waals surface area contributed by atoms with E-state index >= 15 is 0 Å². The number of amides is 1. The maximum absolute atomic E-state index is 13.7. The van der Waals surface area contributed by atoms with Crippen LogP contribution in [0.5, 0.6) is 0 Å². The maximum Gasteiger partial charge on any atom is 0.308 e. The molecule has 0 spiro atoms. The third kappa shape index (κ3) is 2.66. The average molecular weight is 341 g/mol. The largest absolute Gasteiger partial charge is 0.481 e. The average Bonchev–Trinajstić information content (AvgIpc) is 3.29. The van der Waals surface area contributed by atoms with Gasteiger partial charge in [-0.05, 0) is 56.4 Å². The van der Waals surface area contributed by atoms with Crippen molar-refractivity contribution >= 4 is 11.9 Å². The molecule has 4 heteroatoms. The number of rotatable bonds is 4. The van der Waals surface area contributed by atoms with Crippen molar-refractivity contribution in [2.45, 2.75) is 51.5 Å². The predicted octanol–water partition coefficient (Wildman–Crippen LogP) is 3.36. The van der Waals surface area contributed by atoms with E-state index in [0.717, 1.165) is 19.3 Å². The molecule has 134 valence electrons. The molecule has 25 heavy (non-hydrogen) atoms. The maximum atomic E-state index is 13.7. The number of likely N-dealkylation sites (tertiary alicyclic amines) is 1. The van der Waals surface area contributed by atoms with Crippen LogP contribution >= 0.6 is 0 Å². The first kappa shape index (κ1) is 16.6. The molecule has 4 rings (SSSR count). The van der Waals surface area contributed by atoms with Gasteiger partial charge in [0.25, 0.3) is 0 Å². The first-order chi connectivity index (χ1) is 12.0. The minimum Gasteiger partial charge on any atom is -0.481 e. The van der Waals surface area contributed by atoms with Crippen molar-refractivity contribution in [3.8, 4) is 0 Å². The third-order valence-corrected chi connectivity index (χ3v) is 7.10. The third-order valence-electron chi connectivity index (χ3n) is 7.10. The number of carboxylic acids is 1. The summed E-state index contributed by atoms with van der Waals surface area (Å²) in [5, 5.41) is 9.42. The summed E-state index contributed by atoms with van der Waals surface area (Å²) in [4.78, 5) is 27.0. The van der Waals surface area contributed by atoms with Gasteiger partial charge in [0.2, 0.25) is 5.91 Å². The Hall–Kier alpha value is -1.84. The van der Waals surface area contributed by atoms with Gasteiger partial charge in [0, 0.05) is 12.6 Å². The number of carbonyl (C=O) groups excluding carboxylic acids is 1. The highest BCUT2D eigenvalue weighted by Gasteiger charge is 2.57. The molecule has 1 N–H and O–H groups in total. The number of nitrogens with zero attached hydrogens (tertiary/aromatic N) is 1. The number of fused-ring (bicyclic) bond motifs is 2. The second-order valence-corrected chi connectivity index (χ2v) is 8.37. The van der Waals surface area contributed by atoms with Gasteiger partial charge in [-0.25, -0.2) is 0 Å². The van der Waals surface area contributed by atoms with E-state index in [4.69, 9.17) is 0 Å². The highest BCUT2D eigenvalue weighted by molar-refractivity contribution is 5.86. The molecule has 1 aromatic carbocycles. The van der Waals surface area contributed by atoms with E-state index in [1.807, 2.05) is 30.0 Å². The zero-order chi connectivity index (χ0) is 17.6. The van der Waals surface area contributed by atoms with Crippen LogP contribution in [-0.2, 0) is 16.0 Å². The topological polar surface area (TPSA) is 57.6 Å². The van der Waals surface area contributed by atoms with E-state index in [0.29, 0.717) is 24.8 Å². The van der Waals surface area contributed by atoms with Crippen LogP contribution in [0.4, 0.5) is 0 Å². The molecule has 3 aliphatic rings. The van der Waals surface area contributed by atoms with Crippen LogP contribution in [0.1, 0.15) is 44.6 Å². The quantitative estimate of drug-likeness (QED) is 0.913. The van der Waals surface area contributed by atoms with Crippen LogP contribution in [0.2, 0.25) is 0 Å². The van der Waals surface area contributed by atoms with Gasteiger partial charge in [0.05, 0.1) is 11.3 Å². The van der Waals surface area contributed by atoms with Crippen molar-refractivity contribution < 1.29 is 14.7 Å². The normalized spacial score (nSPS) is 36.8. The van der Waals surface area contributed by atoms with Gasteiger partial charge in [0.15, 0.2) is 0 Å². The molecule has 1 aliphatic heterocycles. The second kappa shape index (κ2) is 6.15. The molecule has 1 saturated heterocycles. The fourth-order valence-electron chi connectivity index (χ4n) is 5.80. The molecule has 2 aliphatic carbocycles. The van der Waals surface area contributed by atoms with Gasteiger partial charge < -0.3 is 10.0 Å². The van der Waals surface area contributed by atoms with Crippen molar-refractivity contribution in [3.05, 3.63) is 35.9 Å². The second-order valence-electron chi connectivity index (χ2n) is 8.37. The summed E-state index contributed by atoms with van der Waals surface area (Å²) in [7, 11) is 0. The van der Waals surface area contributed by atoms with Gasteiger partial charge in [-0.3, -0.25) is 9.59 Å². The fourth-order valence-corrected chi connectivity index (χ4v) is 5.80. The molecular weight excluding hydrogens is 314 g/mol. The summed E-state index contributed by atoms with van der Waals surface area (Å²) in [6.07, 6.45) is 5.93. The van der Waals surface area contributed by atoms with Crippen LogP contribution in [-0.4, -0.2) is 34.5 Å². The number of hydrogen-bond donors (Lipinski definition) is 1. The number of hydrogen-bond acceptors (Lipinski definition) is 2. The van der Waals surface area contributed by atoms with E-state index in [2.05, 4.69) is 12.1 Å². The Kier molecular flexibility index (Phi) is 4.09. The van der Waals surface area contributed by atoms with Crippen molar-refractivity contribution in [3.63, 3.8) is 0 Å². The Bertz CT molecular complexity index is 673. The molecule has 1 amide bonds. The Morgan fingerprint density at radius 1 is 1.20 bits per heavy atom. The van der Waals surface area contributed by atoms with Crippen LogP contribution in [0.3, 0.4) is 0 Å². The van der Waals surface area contributed by atoms with E-state index < -0.39 is 11.9 Å². The first-order valence-corrected chi connectivity index (χ1v) is 9.59. The predicted molar refractivity (Wildman–Crippen MR) is 94.9 cm³/mol. The summed E-state index contributed by atoms with van der Waals surface area (Å²) in [5.74, 6) is 0.163. The molecule has 2 saturated carbocycles. The van der Waals surface area contributed by atoms with Crippen LogP contribution < -0.4 is 0 Å². The highest BCUT2D eigenvalue weighted by atomic mass is 16.4. The van der Waals surface area contributed by atoms with Gasteiger partial charge >= 0.3 is 5.97 Å². The molecule has 1 aromatic rings. The summed E-state index contributed by atoms with van der Waals surface area (Å²) >= 11 is 0. The molecule has 5 atom stereocenters. The summed E-state index contributed by atoms with van der Waals surface area (Å²) in [6.45, 7) is 2.50. The summed E-state index contributed by atoms with van der Waals surface area (Å²) in [6, 6.07) is 10.1. The Labute approximate surface area is 149 Å². The Balaban J connectivity index is 1.63. The first-order valence-electron chi connectivity index (χ1n) is 9.59. The zero-order valence-electron chi connectivity index (χ0n) is 14.9. The minimum absolute atomic E-state index is 0.197. The monoisotopic (exact) mass is 341 g/mol. The van der Waals surface area contributed by atoms with Crippen LogP contribution in [0, 0.1) is 23.2 Å². The molecular formula is C21H27NO3. The fraction of sp³-hybridized carbons (Fsp3) is 0.619. The summed E-state index contributed by atoms with van der Waals surface area (Å²) in [5.41, 5.74) is 0.913. The lowest BCUT2D eigenvalue weighted by atomic mass is 9.68. The van der Waals surface area contributed by atoms with Crippen LogP contribution in [0.15, 0.2) is 30.3 Å². The minimum atomic E-state index is -0.771. The van der Waals surface area contributed by atoms with Crippen molar-refractivity contribution in [1.29, 1.82) is 0 Å². The smallest absolute Gasteiger partial charge is 0.308 e. The van der Waals surface area contributed by atoms with Gasteiger partial charge in [-0.2, -0.15) is 0 Å². The molecule has 1 heterocycles. The number of aliphatic carboxylic acids is 1. The highest BCUT2D eigenvalue weighted by Crippen LogP contribution is 2.58. The molecule has 2 bridgehead atoms. The molecule has 0 aromatic heterocycles. The van der Waals surface area contributed by atoms with Gasteiger partial charge in [-0.15, -0.1) is 0 Å². The van der Waals surface area contributed by atoms with Gasteiger partial charge in [-0.1, -0.05) is 36.8 Å². The van der Waals surface area contributed by atoms with Gasteiger partial charge in [0.1, 0.15) is 0 Å². The lowest BCUT2D eigenvalue weighted by molar-refractivity contribution is -0.148. The Morgan fingerprint density at radius 2 is 1.96 bits per heavy atom. The summed E-state index contributed by atoms with van der Waals surface area (Å²) < 4.78 is 0. The van der Waals surface area contributed by atoms with E-state index in [1.165, 1.54) is 18.4 Å². The van der Waals surface area contributed by atoms with Crippen molar-refractivity contribution in [2.75, 3.05) is 6.54 Å². The number of benzene rings is 1. The van der Waals surface area contributed by atoms with Crippen molar-refractivity contribution in [2.24, 2.45) is 23.2 Å².